The first-order valence-electron chi connectivity index (χ1n) is 7.53. The van der Waals surface area contributed by atoms with E-state index in [1.807, 2.05) is 30.3 Å². The SMILES string of the molecule is CC(NS(=O)(=O)Cc1cccc(F)c1)c1nnnn1-c1ccccc1. The second kappa shape index (κ2) is 7.08. The molecule has 9 heteroatoms. The largest absolute Gasteiger partial charge is 0.216 e. The summed E-state index contributed by atoms with van der Waals surface area (Å²) >= 11 is 0. The summed E-state index contributed by atoms with van der Waals surface area (Å²) < 4.78 is 41.9. The second-order valence-corrected chi connectivity index (χ2v) is 7.27. The van der Waals surface area contributed by atoms with E-state index < -0.39 is 21.9 Å². The molecule has 2 aromatic carbocycles. The molecule has 0 aliphatic rings. The Bertz CT molecular complexity index is 959. The van der Waals surface area contributed by atoms with Crippen molar-refractivity contribution in [2.45, 2.75) is 18.7 Å². The van der Waals surface area contributed by atoms with Crippen LogP contribution < -0.4 is 4.72 Å². The highest BCUT2D eigenvalue weighted by molar-refractivity contribution is 7.88. The first kappa shape index (κ1) is 17.2. The van der Waals surface area contributed by atoms with Gasteiger partial charge in [0.2, 0.25) is 10.0 Å². The predicted octanol–water partition coefficient (Wildman–Crippen LogP) is 1.98. The Kier molecular flexibility index (Phi) is 4.86. The van der Waals surface area contributed by atoms with Gasteiger partial charge in [-0.3, -0.25) is 0 Å². The Balaban J connectivity index is 1.78. The first-order valence-corrected chi connectivity index (χ1v) is 9.18. The van der Waals surface area contributed by atoms with Crippen LogP contribution in [0.3, 0.4) is 0 Å². The van der Waals surface area contributed by atoms with E-state index in [0.717, 1.165) is 5.69 Å². The highest BCUT2D eigenvalue weighted by Gasteiger charge is 2.22. The van der Waals surface area contributed by atoms with Crippen LogP contribution >= 0.6 is 0 Å². The number of sulfonamides is 1. The number of nitrogens with zero attached hydrogens (tertiary/aromatic N) is 4. The third-order valence-electron chi connectivity index (χ3n) is 3.48. The van der Waals surface area contributed by atoms with Crippen molar-refractivity contribution in [1.82, 2.24) is 24.9 Å². The maximum absolute atomic E-state index is 13.2. The average molecular weight is 361 g/mol. The van der Waals surface area contributed by atoms with E-state index in [9.17, 15) is 12.8 Å². The number of rotatable bonds is 6. The van der Waals surface area contributed by atoms with Gasteiger partial charge < -0.3 is 0 Å². The molecule has 0 spiro atoms. The van der Waals surface area contributed by atoms with Gasteiger partial charge in [0.1, 0.15) is 5.82 Å². The summed E-state index contributed by atoms with van der Waals surface area (Å²) in [6, 6.07) is 14.0. The van der Waals surface area contributed by atoms with Gasteiger partial charge in [0, 0.05) is 0 Å². The monoisotopic (exact) mass is 361 g/mol. The molecule has 0 amide bonds. The van der Waals surface area contributed by atoms with E-state index in [1.165, 1.54) is 22.9 Å². The van der Waals surface area contributed by atoms with E-state index in [4.69, 9.17) is 0 Å². The lowest BCUT2D eigenvalue weighted by molar-refractivity contribution is 0.554. The highest BCUT2D eigenvalue weighted by atomic mass is 32.2. The molecule has 0 radical (unpaired) electrons. The molecular formula is C16H16FN5O2S. The fourth-order valence-electron chi connectivity index (χ4n) is 2.43. The van der Waals surface area contributed by atoms with Crippen LogP contribution in [0, 0.1) is 5.82 Å². The number of para-hydroxylation sites is 1. The van der Waals surface area contributed by atoms with Crippen LogP contribution in [0.15, 0.2) is 54.6 Å². The Labute approximate surface area is 144 Å². The molecule has 0 fully saturated rings. The molecule has 0 saturated carbocycles. The van der Waals surface area contributed by atoms with Crippen LogP contribution in [0.1, 0.15) is 24.4 Å². The Hall–Kier alpha value is -2.65. The van der Waals surface area contributed by atoms with Crippen molar-refractivity contribution < 1.29 is 12.8 Å². The van der Waals surface area contributed by atoms with Gasteiger partial charge in [0.05, 0.1) is 17.5 Å². The van der Waals surface area contributed by atoms with Crippen molar-refractivity contribution in [2.24, 2.45) is 0 Å². The number of tetrazole rings is 1. The number of hydrogen-bond donors (Lipinski definition) is 1. The van der Waals surface area contributed by atoms with Crippen molar-refractivity contribution in [2.75, 3.05) is 0 Å². The molecule has 1 N–H and O–H groups in total. The van der Waals surface area contributed by atoms with Crippen molar-refractivity contribution in [1.29, 1.82) is 0 Å². The number of hydrogen-bond acceptors (Lipinski definition) is 5. The normalized spacial score (nSPS) is 12.9. The molecule has 130 valence electrons. The van der Waals surface area contributed by atoms with Crippen LogP contribution in [0.5, 0.6) is 0 Å². The molecule has 3 aromatic rings. The molecule has 1 heterocycles. The van der Waals surface area contributed by atoms with Gasteiger partial charge in [-0.25, -0.2) is 17.5 Å². The van der Waals surface area contributed by atoms with Crippen LogP contribution in [0.25, 0.3) is 5.69 Å². The van der Waals surface area contributed by atoms with Crippen molar-refractivity contribution in [3.8, 4) is 5.69 Å². The van der Waals surface area contributed by atoms with E-state index >= 15 is 0 Å². The Morgan fingerprint density at radius 3 is 2.64 bits per heavy atom. The molecule has 0 bridgehead atoms. The van der Waals surface area contributed by atoms with E-state index in [-0.39, 0.29) is 5.75 Å². The van der Waals surface area contributed by atoms with Gasteiger partial charge in [-0.2, -0.15) is 4.68 Å². The zero-order chi connectivity index (χ0) is 17.9. The fraction of sp³-hybridized carbons (Fsp3) is 0.188. The molecule has 3 rings (SSSR count). The average Bonchev–Trinajstić information content (AvgIpc) is 3.04. The maximum atomic E-state index is 13.2. The van der Waals surface area contributed by atoms with Gasteiger partial charge in [-0.1, -0.05) is 30.3 Å². The molecule has 0 aliphatic carbocycles. The lowest BCUT2D eigenvalue weighted by atomic mass is 10.2. The quantitative estimate of drug-likeness (QED) is 0.725. The predicted molar refractivity (Wildman–Crippen MR) is 89.7 cm³/mol. The smallest absolute Gasteiger partial charge is 0.212 e. The highest BCUT2D eigenvalue weighted by Crippen LogP contribution is 2.16. The van der Waals surface area contributed by atoms with Gasteiger partial charge in [0.15, 0.2) is 5.82 Å². The first-order chi connectivity index (χ1) is 11.9. The van der Waals surface area contributed by atoms with E-state index in [2.05, 4.69) is 20.2 Å². The third kappa shape index (κ3) is 4.25. The number of aromatic nitrogens is 4. The molecule has 1 atom stereocenters. The number of halogens is 1. The van der Waals surface area contributed by atoms with Gasteiger partial charge in [0.25, 0.3) is 0 Å². The van der Waals surface area contributed by atoms with Crippen LogP contribution in [0.2, 0.25) is 0 Å². The zero-order valence-electron chi connectivity index (χ0n) is 13.4. The molecule has 1 unspecified atom stereocenters. The standard InChI is InChI=1S/C16H16FN5O2S/c1-12(16-18-20-21-22(16)15-8-3-2-4-9-15)19-25(23,24)11-13-6-5-7-14(17)10-13/h2-10,12,19H,11H2,1H3. The molecule has 7 nitrogen and oxygen atoms in total. The van der Waals surface area contributed by atoms with Gasteiger partial charge in [-0.15, -0.1) is 5.10 Å². The summed E-state index contributed by atoms with van der Waals surface area (Å²) in [6.07, 6.45) is 0. The minimum absolute atomic E-state index is 0.331. The van der Waals surface area contributed by atoms with Crippen LogP contribution in [0.4, 0.5) is 4.39 Å². The maximum Gasteiger partial charge on any atom is 0.216 e. The fourth-order valence-corrected chi connectivity index (χ4v) is 3.77. The lowest BCUT2D eigenvalue weighted by Crippen LogP contribution is -2.30. The summed E-state index contributed by atoms with van der Waals surface area (Å²) in [4.78, 5) is 0. The summed E-state index contributed by atoms with van der Waals surface area (Å²) in [5.74, 6) is -0.454. The Morgan fingerprint density at radius 2 is 1.92 bits per heavy atom. The van der Waals surface area contributed by atoms with Crippen molar-refractivity contribution in [3.63, 3.8) is 0 Å². The molecule has 0 saturated heterocycles. The minimum Gasteiger partial charge on any atom is -0.212 e. The van der Waals surface area contributed by atoms with Crippen LogP contribution in [-0.2, 0) is 15.8 Å². The molecular weight excluding hydrogens is 345 g/mol. The number of benzene rings is 2. The summed E-state index contributed by atoms with van der Waals surface area (Å²) in [6.45, 7) is 1.65. The summed E-state index contributed by atoms with van der Waals surface area (Å²) in [7, 11) is -3.70. The van der Waals surface area contributed by atoms with E-state index in [0.29, 0.717) is 11.4 Å². The Morgan fingerprint density at radius 1 is 1.16 bits per heavy atom. The summed E-state index contributed by atoms with van der Waals surface area (Å²) in [5, 5.41) is 11.4. The number of nitrogens with one attached hydrogen (secondary N) is 1. The lowest BCUT2D eigenvalue weighted by Gasteiger charge is -2.14. The van der Waals surface area contributed by atoms with Gasteiger partial charge in [-0.05, 0) is 47.2 Å². The topological polar surface area (TPSA) is 89.8 Å². The van der Waals surface area contributed by atoms with Crippen LogP contribution in [-0.4, -0.2) is 28.6 Å². The van der Waals surface area contributed by atoms with Gasteiger partial charge >= 0.3 is 0 Å². The van der Waals surface area contributed by atoms with Crippen molar-refractivity contribution in [3.05, 3.63) is 71.8 Å². The minimum atomic E-state index is -3.70. The summed E-state index contributed by atoms with van der Waals surface area (Å²) in [5.41, 5.74) is 1.08. The molecule has 1 aromatic heterocycles. The molecule has 0 aliphatic heterocycles. The third-order valence-corrected chi connectivity index (χ3v) is 4.91. The van der Waals surface area contributed by atoms with E-state index in [1.54, 1.807) is 13.0 Å². The van der Waals surface area contributed by atoms with Crippen molar-refractivity contribution >= 4 is 10.0 Å². The zero-order valence-corrected chi connectivity index (χ0v) is 14.2. The second-order valence-electron chi connectivity index (χ2n) is 5.51. The molecule has 25 heavy (non-hydrogen) atoms.